The van der Waals surface area contributed by atoms with Crippen LogP contribution in [0.4, 0.5) is 0 Å². The Labute approximate surface area is 185 Å². The Morgan fingerprint density at radius 2 is 1.94 bits per heavy atom. The first-order chi connectivity index (χ1) is 15.6. The molecule has 8 nitrogen and oxygen atoms in total. The lowest BCUT2D eigenvalue weighted by molar-refractivity contribution is 0.0712. The van der Waals surface area contributed by atoms with Crippen LogP contribution in [0.2, 0.25) is 0 Å². The van der Waals surface area contributed by atoms with Gasteiger partial charge in [0.1, 0.15) is 5.52 Å². The normalized spacial score (nSPS) is 14.7. The Morgan fingerprint density at radius 1 is 1.09 bits per heavy atom. The summed E-state index contributed by atoms with van der Waals surface area (Å²) < 4.78 is 3.50. The molecule has 0 aliphatic carbocycles. The Kier molecular flexibility index (Phi) is 5.26. The number of aryl methyl sites for hydroxylation is 1. The zero-order valence-corrected chi connectivity index (χ0v) is 17.9. The number of rotatable bonds is 4. The van der Waals surface area contributed by atoms with Crippen molar-refractivity contribution in [3.05, 3.63) is 88.5 Å². The van der Waals surface area contributed by atoms with Crippen molar-refractivity contribution in [3.63, 3.8) is 0 Å². The molecule has 0 spiro atoms. The number of nitrogens with zero attached hydrogens (tertiary/aromatic N) is 6. The van der Waals surface area contributed by atoms with E-state index >= 15 is 0 Å². The Morgan fingerprint density at radius 3 is 2.69 bits per heavy atom. The van der Waals surface area contributed by atoms with Crippen LogP contribution < -0.4 is 5.56 Å². The summed E-state index contributed by atoms with van der Waals surface area (Å²) in [7, 11) is 1.75. The van der Waals surface area contributed by atoms with Crippen molar-refractivity contribution in [2.45, 2.75) is 25.3 Å². The SMILES string of the molecule is Cn1ccc(C2CCN(C(=O)c3cnc4c(c3)ncn4Cc3ccccn3)CC2)cc1=O. The summed E-state index contributed by atoms with van der Waals surface area (Å²) in [5, 5.41) is 0. The van der Waals surface area contributed by atoms with Gasteiger partial charge < -0.3 is 14.0 Å². The number of hydrogen-bond donors (Lipinski definition) is 0. The summed E-state index contributed by atoms with van der Waals surface area (Å²) in [5.74, 6) is 0.275. The second kappa shape index (κ2) is 8.37. The van der Waals surface area contributed by atoms with Gasteiger partial charge in [-0.3, -0.25) is 14.6 Å². The van der Waals surface area contributed by atoms with Crippen LogP contribution in [0.3, 0.4) is 0 Å². The average molecular weight is 428 g/mol. The average Bonchev–Trinajstić information content (AvgIpc) is 3.23. The zero-order valence-electron chi connectivity index (χ0n) is 17.9. The smallest absolute Gasteiger partial charge is 0.255 e. The molecule has 0 radical (unpaired) electrons. The highest BCUT2D eigenvalue weighted by Gasteiger charge is 2.25. The first-order valence-corrected chi connectivity index (χ1v) is 10.7. The van der Waals surface area contributed by atoms with Gasteiger partial charge >= 0.3 is 0 Å². The van der Waals surface area contributed by atoms with E-state index in [-0.39, 0.29) is 11.5 Å². The van der Waals surface area contributed by atoms with Gasteiger partial charge in [0, 0.05) is 44.8 Å². The van der Waals surface area contributed by atoms with Crippen LogP contribution in [0.25, 0.3) is 11.2 Å². The lowest BCUT2D eigenvalue weighted by Gasteiger charge is -2.32. The van der Waals surface area contributed by atoms with E-state index in [0.717, 1.165) is 29.7 Å². The highest BCUT2D eigenvalue weighted by Crippen LogP contribution is 2.28. The lowest BCUT2D eigenvalue weighted by Crippen LogP contribution is -2.38. The van der Waals surface area contributed by atoms with Crippen molar-refractivity contribution in [2.24, 2.45) is 7.05 Å². The Hall–Kier alpha value is -3.81. The number of imidazole rings is 1. The van der Waals surface area contributed by atoms with Crippen molar-refractivity contribution in [2.75, 3.05) is 13.1 Å². The van der Waals surface area contributed by atoms with E-state index in [4.69, 9.17) is 0 Å². The number of pyridine rings is 3. The molecule has 8 heteroatoms. The topological polar surface area (TPSA) is 85.9 Å². The zero-order chi connectivity index (χ0) is 22.1. The number of hydrogen-bond acceptors (Lipinski definition) is 5. The fourth-order valence-electron chi connectivity index (χ4n) is 4.26. The van der Waals surface area contributed by atoms with Crippen molar-refractivity contribution in [1.29, 1.82) is 0 Å². The summed E-state index contributed by atoms with van der Waals surface area (Å²) in [6.45, 7) is 1.89. The minimum atomic E-state index is -0.0268. The molecule has 1 aliphatic heterocycles. The van der Waals surface area contributed by atoms with Crippen LogP contribution in [-0.2, 0) is 13.6 Å². The van der Waals surface area contributed by atoms with Crippen molar-refractivity contribution < 1.29 is 4.79 Å². The Balaban J connectivity index is 1.28. The summed E-state index contributed by atoms with van der Waals surface area (Å²) in [6, 6.07) is 11.3. The van der Waals surface area contributed by atoms with Crippen LogP contribution in [0.1, 0.15) is 40.4 Å². The molecule has 1 fully saturated rings. The van der Waals surface area contributed by atoms with Gasteiger partial charge in [-0.25, -0.2) is 9.97 Å². The highest BCUT2D eigenvalue weighted by molar-refractivity contribution is 5.96. The van der Waals surface area contributed by atoms with E-state index in [1.807, 2.05) is 46.0 Å². The lowest BCUT2D eigenvalue weighted by atomic mass is 9.90. The van der Waals surface area contributed by atoms with E-state index in [0.29, 0.717) is 36.6 Å². The molecule has 0 atom stereocenters. The van der Waals surface area contributed by atoms with Crippen LogP contribution >= 0.6 is 0 Å². The molecule has 162 valence electrons. The maximum atomic E-state index is 13.1. The van der Waals surface area contributed by atoms with Crippen LogP contribution in [0.15, 0.2) is 66.1 Å². The molecule has 4 aromatic rings. The van der Waals surface area contributed by atoms with Crippen LogP contribution in [0, 0.1) is 0 Å². The standard InChI is InChI=1S/C24H24N6O2/c1-28-9-5-18(13-22(28)31)17-6-10-29(11-7-17)24(32)19-12-21-23(26-14-19)30(16-27-21)15-20-4-2-3-8-25-20/h2-5,8-9,12-14,16-17H,6-7,10-11,15H2,1H3. The quantitative estimate of drug-likeness (QED) is 0.499. The number of amides is 1. The van der Waals surface area contributed by atoms with Gasteiger partial charge in [-0.2, -0.15) is 0 Å². The number of likely N-dealkylation sites (tertiary alicyclic amines) is 1. The molecule has 1 aliphatic rings. The molecule has 0 bridgehead atoms. The summed E-state index contributed by atoms with van der Waals surface area (Å²) in [4.78, 5) is 40.2. The third kappa shape index (κ3) is 3.91. The monoisotopic (exact) mass is 428 g/mol. The predicted octanol–water partition coefficient (Wildman–Crippen LogP) is 2.59. The van der Waals surface area contributed by atoms with E-state index in [9.17, 15) is 9.59 Å². The number of carbonyl (C=O) groups is 1. The molecular weight excluding hydrogens is 404 g/mol. The minimum absolute atomic E-state index is 0.00265. The fraction of sp³-hybridized carbons (Fsp3) is 0.292. The van der Waals surface area contributed by atoms with Gasteiger partial charge in [0.15, 0.2) is 5.65 Å². The van der Waals surface area contributed by atoms with Gasteiger partial charge in [-0.15, -0.1) is 0 Å². The summed E-state index contributed by atoms with van der Waals surface area (Å²) in [5.41, 5.74) is 3.96. The van der Waals surface area contributed by atoms with E-state index in [2.05, 4.69) is 15.0 Å². The number of carbonyl (C=O) groups excluding carboxylic acids is 1. The van der Waals surface area contributed by atoms with Crippen molar-refractivity contribution in [3.8, 4) is 0 Å². The Bertz CT molecular complexity index is 1320. The molecule has 4 aromatic heterocycles. The minimum Gasteiger partial charge on any atom is -0.339 e. The van der Waals surface area contributed by atoms with Crippen molar-refractivity contribution >= 4 is 17.1 Å². The number of aromatic nitrogens is 5. The van der Waals surface area contributed by atoms with Gasteiger partial charge in [0.05, 0.1) is 24.1 Å². The van der Waals surface area contributed by atoms with Gasteiger partial charge in [-0.1, -0.05) is 6.07 Å². The van der Waals surface area contributed by atoms with Gasteiger partial charge in [0.2, 0.25) is 0 Å². The van der Waals surface area contributed by atoms with E-state index in [1.54, 1.807) is 36.4 Å². The summed E-state index contributed by atoms with van der Waals surface area (Å²) >= 11 is 0. The second-order valence-corrected chi connectivity index (χ2v) is 8.24. The number of fused-ring (bicyclic) bond motifs is 1. The van der Waals surface area contributed by atoms with Gasteiger partial charge in [-0.05, 0) is 48.6 Å². The maximum Gasteiger partial charge on any atom is 0.255 e. The molecule has 0 N–H and O–H groups in total. The molecule has 5 rings (SSSR count). The van der Waals surface area contributed by atoms with E-state index < -0.39 is 0 Å². The largest absolute Gasteiger partial charge is 0.339 e. The van der Waals surface area contributed by atoms with Crippen LogP contribution in [-0.4, -0.2) is 48.0 Å². The molecular formula is C24H24N6O2. The fourth-order valence-corrected chi connectivity index (χ4v) is 4.26. The van der Waals surface area contributed by atoms with E-state index in [1.165, 1.54) is 0 Å². The third-order valence-corrected chi connectivity index (χ3v) is 6.14. The molecule has 0 saturated carbocycles. The first kappa shape index (κ1) is 20.1. The predicted molar refractivity (Wildman–Crippen MR) is 120 cm³/mol. The molecule has 5 heterocycles. The molecule has 1 amide bonds. The number of piperidine rings is 1. The first-order valence-electron chi connectivity index (χ1n) is 10.7. The van der Waals surface area contributed by atoms with Gasteiger partial charge in [0.25, 0.3) is 11.5 Å². The maximum absolute atomic E-state index is 13.1. The second-order valence-electron chi connectivity index (χ2n) is 8.24. The van der Waals surface area contributed by atoms with Crippen molar-refractivity contribution in [1.82, 2.24) is 29.0 Å². The molecule has 1 saturated heterocycles. The third-order valence-electron chi connectivity index (χ3n) is 6.14. The molecule has 32 heavy (non-hydrogen) atoms. The summed E-state index contributed by atoms with van der Waals surface area (Å²) in [6.07, 6.45) is 8.62. The molecule has 0 unspecified atom stereocenters. The molecule has 0 aromatic carbocycles. The highest BCUT2D eigenvalue weighted by atomic mass is 16.2. The van der Waals surface area contributed by atoms with Crippen LogP contribution in [0.5, 0.6) is 0 Å².